The van der Waals surface area contributed by atoms with Crippen LogP contribution in [0.3, 0.4) is 0 Å². The highest BCUT2D eigenvalue weighted by atomic mass is 15.2. The number of anilines is 2. The summed E-state index contributed by atoms with van der Waals surface area (Å²) in [6.07, 6.45) is 11.3. The minimum Gasteiger partial charge on any atom is -0.288 e. The SMILES string of the molecule is CC1(C)c2ccccc2N(C2=CC=[C+]C=C2)c2ccccc21. The number of benzene rings is 2. The first kappa shape index (κ1) is 13.1. The van der Waals surface area contributed by atoms with Crippen LogP contribution in [0.4, 0.5) is 11.4 Å². The van der Waals surface area contributed by atoms with Gasteiger partial charge in [-0.3, -0.25) is 4.90 Å². The van der Waals surface area contributed by atoms with Crippen LogP contribution < -0.4 is 4.90 Å². The molecule has 0 fully saturated rings. The van der Waals surface area contributed by atoms with Gasteiger partial charge in [-0.2, -0.15) is 0 Å². The standard InChI is InChI=1S/C21H18N/c1-21(2)17-12-6-8-14-19(17)22(16-10-4-3-5-11-16)20-15-9-7-13-18(20)21/h4-15H,1-2H3/q+1. The van der Waals surface area contributed by atoms with Crippen molar-refractivity contribution in [1.29, 1.82) is 0 Å². The van der Waals surface area contributed by atoms with E-state index in [-0.39, 0.29) is 5.41 Å². The fraction of sp³-hybridized carbons (Fsp3) is 0.143. The Morgan fingerprint density at radius 2 is 1.45 bits per heavy atom. The second kappa shape index (κ2) is 4.69. The lowest BCUT2D eigenvalue weighted by molar-refractivity contribution is 0.630. The molecule has 1 heterocycles. The number of fused-ring (bicyclic) bond motifs is 2. The summed E-state index contributed by atoms with van der Waals surface area (Å²) in [5, 5.41) is 0. The van der Waals surface area contributed by atoms with E-state index in [1.165, 1.54) is 28.2 Å². The highest BCUT2D eigenvalue weighted by Gasteiger charge is 2.37. The normalized spacial score (nSPS) is 17.4. The van der Waals surface area contributed by atoms with Gasteiger partial charge in [0.2, 0.25) is 0 Å². The van der Waals surface area contributed by atoms with Crippen molar-refractivity contribution in [2.24, 2.45) is 0 Å². The summed E-state index contributed by atoms with van der Waals surface area (Å²) in [4.78, 5) is 2.35. The summed E-state index contributed by atoms with van der Waals surface area (Å²) in [5.74, 6) is 0. The van der Waals surface area contributed by atoms with Crippen LogP contribution in [0.1, 0.15) is 25.0 Å². The Hall–Kier alpha value is -2.63. The molecule has 1 aliphatic carbocycles. The summed E-state index contributed by atoms with van der Waals surface area (Å²) in [6.45, 7) is 4.61. The largest absolute Gasteiger partial charge is 0.288 e. The van der Waals surface area contributed by atoms with Gasteiger partial charge in [0, 0.05) is 11.5 Å². The zero-order valence-electron chi connectivity index (χ0n) is 12.9. The van der Waals surface area contributed by atoms with E-state index in [2.05, 4.69) is 85.5 Å². The fourth-order valence-electron chi connectivity index (χ4n) is 3.47. The molecule has 0 spiro atoms. The Balaban J connectivity index is 2.03. The lowest BCUT2D eigenvalue weighted by Gasteiger charge is -2.41. The molecule has 0 radical (unpaired) electrons. The Kier molecular flexibility index (Phi) is 2.79. The number of rotatable bonds is 1. The van der Waals surface area contributed by atoms with Gasteiger partial charge in [-0.05, 0) is 23.3 Å². The first-order valence-electron chi connectivity index (χ1n) is 7.65. The summed E-state index contributed by atoms with van der Waals surface area (Å²) in [5.41, 5.74) is 6.43. The molecule has 0 saturated heterocycles. The van der Waals surface area contributed by atoms with Crippen LogP contribution >= 0.6 is 0 Å². The van der Waals surface area contributed by atoms with Gasteiger partial charge in [0.1, 0.15) is 12.2 Å². The number of nitrogens with zero attached hydrogens (tertiary/aromatic N) is 1. The quantitative estimate of drug-likeness (QED) is 0.644. The van der Waals surface area contributed by atoms with Crippen molar-refractivity contribution in [3.05, 3.63) is 95.7 Å². The van der Waals surface area contributed by atoms with E-state index in [1.807, 2.05) is 12.2 Å². The van der Waals surface area contributed by atoms with E-state index in [9.17, 15) is 0 Å². The van der Waals surface area contributed by atoms with Crippen molar-refractivity contribution in [2.45, 2.75) is 19.3 Å². The number of para-hydroxylation sites is 2. The van der Waals surface area contributed by atoms with Gasteiger partial charge in [-0.15, -0.1) is 0 Å². The molecule has 0 bridgehead atoms. The van der Waals surface area contributed by atoms with Gasteiger partial charge in [0.15, 0.2) is 5.70 Å². The Bertz CT molecular complexity index is 772. The minimum absolute atomic E-state index is 0.00456. The third kappa shape index (κ3) is 1.76. The molecule has 106 valence electrons. The number of hydrogen-bond acceptors (Lipinski definition) is 1. The number of allylic oxidation sites excluding steroid dienone is 5. The van der Waals surface area contributed by atoms with Crippen LogP contribution in [0, 0.1) is 6.08 Å². The second-order valence-corrected chi connectivity index (χ2v) is 6.25. The molecule has 0 N–H and O–H groups in total. The van der Waals surface area contributed by atoms with Crippen molar-refractivity contribution in [1.82, 2.24) is 0 Å². The molecule has 2 aromatic carbocycles. The third-order valence-corrected chi connectivity index (χ3v) is 4.60. The van der Waals surface area contributed by atoms with E-state index in [0.29, 0.717) is 0 Å². The van der Waals surface area contributed by atoms with Crippen LogP contribution in [0.2, 0.25) is 0 Å². The van der Waals surface area contributed by atoms with Crippen LogP contribution in [0.15, 0.2) is 78.5 Å². The maximum atomic E-state index is 3.11. The first-order chi connectivity index (χ1) is 10.7. The fourth-order valence-corrected chi connectivity index (χ4v) is 3.47. The van der Waals surface area contributed by atoms with Crippen molar-refractivity contribution in [3.8, 4) is 0 Å². The van der Waals surface area contributed by atoms with Gasteiger partial charge >= 0.3 is 0 Å². The first-order valence-corrected chi connectivity index (χ1v) is 7.65. The maximum Gasteiger partial charge on any atom is 0.160 e. The van der Waals surface area contributed by atoms with Gasteiger partial charge in [-0.1, -0.05) is 50.2 Å². The third-order valence-electron chi connectivity index (χ3n) is 4.60. The lowest BCUT2D eigenvalue weighted by atomic mass is 9.73. The minimum atomic E-state index is 0.00456. The molecule has 1 nitrogen and oxygen atoms in total. The Morgan fingerprint density at radius 3 is 2.00 bits per heavy atom. The molecule has 0 atom stereocenters. The van der Waals surface area contributed by atoms with Crippen LogP contribution in [-0.4, -0.2) is 0 Å². The molecule has 0 saturated carbocycles. The molecular weight excluding hydrogens is 266 g/mol. The summed E-state index contributed by atoms with van der Waals surface area (Å²) in [7, 11) is 0. The summed E-state index contributed by atoms with van der Waals surface area (Å²) >= 11 is 0. The summed E-state index contributed by atoms with van der Waals surface area (Å²) in [6, 6.07) is 17.4. The highest BCUT2D eigenvalue weighted by Crippen LogP contribution is 2.50. The topological polar surface area (TPSA) is 3.24 Å². The van der Waals surface area contributed by atoms with E-state index in [4.69, 9.17) is 0 Å². The van der Waals surface area contributed by atoms with E-state index in [1.54, 1.807) is 0 Å². The zero-order chi connectivity index (χ0) is 15.2. The van der Waals surface area contributed by atoms with E-state index in [0.717, 1.165) is 0 Å². The average Bonchev–Trinajstić information content (AvgIpc) is 2.56. The molecule has 22 heavy (non-hydrogen) atoms. The van der Waals surface area contributed by atoms with Crippen LogP contribution in [0.5, 0.6) is 0 Å². The smallest absolute Gasteiger partial charge is 0.160 e. The Labute approximate surface area is 131 Å². The number of hydrogen-bond donors (Lipinski definition) is 0. The predicted octanol–water partition coefficient (Wildman–Crippen LogP) is 5.28. The summed E-state index contributed by atoms with van der Waals surface area (Å²) < 4.78 is 0. The lowest BCUT2D eigenvalue weighted by Crippen LogP contribution is -2.32. The average molecular weight is 284 g/mol. The Morgan fingerprint density at radius 1 is 0.864 bits per heavy atom. The molecule has 1 aliphatic heterocycles. The van der Waals surface area contributed by atoms with E-state index >= 15 is 0 Å². The molecule has 0 amide bonds. The van der Waals surface area contributed by atoms with Gasteiger partial charge in [0.05, 0.1) is 23.5 Å². The van der Waals surface area contributed by atoms with Gasteiger partial charge < -0.3 is 0 Å². The van der Waals surface area contributed by atoms with E-state index < -0.39 is 0 Å². The predicted molar refractivity (Wildman–Crippen MR) is 92.2 cm³/mol. The van der Waals surface area contributed by atoms with Gasteiger partial charge in [-0.25, -0.2) is 0 Å². The molecule has 1 heteroatoms. The zero-order valence-corrected chi connectivity index (χ0v) is 12.9. The second-order valence-electron chi connectivity index (χ2n) is 6.25. The monoisotopic (exact) mass is 284 g/mol. The molecular formula is C21H18N+. The molecule has 0 aromatic heterocycles. The van der Waals surface area contributed by atoms with Crippen molar-refractivity contribution in [2.75, 3.05) is 4.90 Å². The van der Waals surface area contributed by atoms with Crippen molar-refractivity contribution < 1.29 is 0 Å². The molecule has 2 aliphatic rings. The molecule has 4 rings (SSSR count). The highest BCUT2D eigenvalue weighted by molar-refractivity contribution is 5.82. The van der Waals surface area contributed by atoms with Crippen LogP contribution in [0.25, 0.3) is 0 Å². The maximum absolute atomic E-state index is 3.11. The molecule has 2 aromatic rings. The van der Waals surface area contributed by atoms with Crippen molar-refractivity contribution >= 4 is 11.4 Å². The van der Waals surface area contributed by atoms with Gasteiger partial charge in [0.25, 0.3) is 0 Å². The molecule has 0 unspecified atom stereocenters. The van der Waals surface area contributed by atoms with Crippen molar-refractivity contribution in [3.63, 3.8) is 0 Å². The van der Waals surface area contributed by atoms with Crippen LogP contribution in [-0.2, 0) is 5.41 Å².